The highest BCUT2D eigenvalue weighted by atomic mass is 79.9. The molecule has 17 heavy (non-hydrogen) atoms. The van der Waals surface area contributed by atoms with Gasteiger partial charge in [0.25, 0.3) is 0 Å². The van der Waals surface area contributed by atoms with E-state index in [0.29, 0.717) is 10.2 Å². The van der Waals surface area contributed by atoms with E-state index >= 15 is 0 Å². The smallest absolute Gasteiger partial charge is 0.372 e. The second kappa shape index (κ2) is 5.86. The third-order valence-corrected chi connectivity index (χ3v) is 2.72. The molecule has 0 aliphatic heterocycles. The predicted molar refractivity (Wildman–Crippen MR) is 60.5 cm³/mol. The second-order valence-electron chi connectivity index (χ2n) is 3.89. The van der Waals surface area contributed by atoms with Crippen molar-refractivity contribution in [2.24, 2.45) is 0 Å². The molecule has 1 aromatic heterocycles. The van der Waals surface area contributed by atoms with Crippen LogP contribution in [0.15, 0.2) is 10.7 Å². The van der Waals surface area contributed by atoms with Crippen LogP contribution in [0.3, 0.4) is 0 Å². The topological polar surface area (TPSA) is 27.1 Å². The van der Waals surface area contributed by atoms with E-state index in [-0.39, 0.29) is 19.3 Å². The van der Waals surface area contributed by atoms with Gasteiger partial charge >= 0.3 is 6.18 Å². The summed E-state index contributed by atoms with van der Waals surface area (Å²) in [6.45, 7) is 3.79. The Kier molecular flexibility index (Phi) is 5.00. The predicted octanol–water partition coefficient (Wildman–Crippen LogP) is 3.52. The molecule has 1 heterocycles. The number of alkyl halides is 3. The zero-order chi connectivity index (χ0) is 13.1. The van der Waals surface area contributed by atoms with Crippen molar-refractivity contribution in [3.05, 3.63) is 16.4 Å². The minimum atomic E-state index is -4.17. The molecule has 98 valence electrons. The summed E-state index contributed by atoms with van der Waals surface area (Å²) in [6.07, 6.45) is -3.56. The highest BCUT2D eigenvalue weighted by molar-refractivity contribution is 9.10. The van der Waals surface area contributed by atoms with Crippen LogP contribution >= 0.6 is 15.9 Å². The van der Waals surface area contributed by atoms with Crippen molar-refractivity contribution in [1.29, 1.82) is 0 Å². The lowest BCUT2D eigenvalue weighted by Gasteiger charge is -2.12. The summed E-state index contributed by atoms with van der Waals surface area (Å²) in [7, 11) is 0. The molecule has 0 bridgehead atoms. The third kappa shape index (κ3) is 5.08. The number of hydrogen-bond acceptors (Lipinski definition) is 2. The molecule has 0 atom stereocenters. The van der Waals surface area contributed by atoms with Crippen molar-refractivity contribution >= 4 is 15.9 Å². The SMILES string of the molecule is CC(C)OCc1c(Br)cnn1CCC(F)(F)F. The fraction of sp³-hybridized carbons (Fsp3) is 0.700. The number of aryl methyl sites for hydroxylation is 1. The number of hydrogen-bond donors (Lipinski definition) is 0. The van der Waals surface area contributed by atoms with Crippen molar-refractivity contribution in [3.8, 4) is 0 Å². The Morgan fingerprint density at radius 3 is 2.65 bits per heavy atom. The van der Waals surface area contributed by atoms with Crippen molar-refractivity contribution < 1.29 is 17.9 Å². The molecule has 0 aromatic carbocycles. The summed E-state index contributed by atoms with van der Waals surface area (Å²) in [5.74, 6) is 0. The van der Waals surface area contributed by atoms with Gasteiger partial charge in [0.1, 0.15) is 0 Å². The molecule has 0 saturated carbocycles. The zero-order valence-electron chi connectivity index (χ0n) is 9.59. The summed E-state index contributed by atoms with van der Waals surface area (Å²) in [5.41, 5.74) is 0.628. The number of ether oxygens (including phenoxy) is 1. The number of halogens is 4. The van der Waals surface area contributed by atoms with Gasteiger partial charge in [0.05, 0.1) is 35.5 Å². The third-order valence-electron chi connectivity index (χ3n) is 2.06. The molecule has 1 rings (SSSR count). The Labute approximate surface area is 106 Å². The van der Waals surface area contributed by atoms with Crippen LogP contribution in [0.25, 0.3) is 0 Å². The number of aromatic nitrogens is 2. The van der Waals surface area contributed by atoms with E-state index in [2.05, 4.69) is 21.0 Å². The summed E-state index contributed by atoms with van der Waals surface area (Å²) in [5, 5.41) is 3.89. The highest BCUT2D eigenvalue weighted by Gasteiger charge is 2.27. The van der Waals surface area contributed by atoms with Crippen LogP contribution < -0.4 is 0 Å². The Balaban J connectivity index is 2.66. The molecule has 0 saturated heterocycles. The lowest BCUT2D eigenvalue weighted by Crippen LogP contribution is -2.16. The molecule has 0 aliphatic carbocycles. The van der Waals surface area contributed by atoms with Crippen molar-refractivity contribution in [1.82, 2.24) is 9.78 Å². The van der Waals surface area contributed by atoms with Crippen LogP contribution in [-0.2, 0) is 17.9 Å². The first-order valence-corrected chi connectivity index (χ1v) is 5.97. The minimum absolute atomic E-state index is 0.0212. The van der Waals surface area contributed by atoms with Gasteiger partial charge < -0.3 is 4.74 Å². The van der Waals surface area contributed by atoms with Gasteiger partial charge in [-0.25, -0.2) is 0 Å². The van der Waals surface area contributed by atoms with Crippen LogP contribution in [-0.4, -0.2) is 22.1 Å². The van der Waals surface area contributed by atoms with Crippen LogP contribution in [0.4, 0.5) is 13.2 Å². The molecule has 3 nitrogen and oxygen atoms in total. The van der Waals surface area contributed by atoms with Crippen molar-refractivity contribution in [3.63, 3.8) is 0 Å². The zero-order valence-corrected chi connectivity index (χ0v) is 11.2. The van der Waals surface area contributed by atoms with Crippen LogP contribution in [0.5, 0.6) is 0 Å². The van der Waals surface area contributed by atoms with Gasteiger partial charge in [0.15, 0.2) is 0 Å². The summed E-state index contributed by atoms with van der Waals surface area (Å²) >= 11 is 3.24. The molecule has 7 heteroatoms. The van der Waals surface area contributed by atoms with Crippen LogP contribution in [0.2, 0.25) is 0 Å². The Morgan fingerprint density at radius 1 is 1.47 bits per heavy atom. The second-order valence-corrected chi connectivity index (χ2v) is 4.74. The van der Waals surface area contributed by atoms with Crippen LogP contribution in [0.1, 0.15) is 26.0 Å². The van der Waals surface area contributed by atoms with E-state index in [9.17, 15) is 13.2 Å². The summed E-state index contributed by atoms with van der Waals surface area (Å²) < 4.78 is 43.7. The van der Waals surface area contributed by atoms with Gasteiger partial charge in [-0.05, 0) is 29.8 Å². The lowest BCUT2D eigenvalue weighted by molar-refractivity contribution is -0.137. The monoisotopic (exact) mass is 314 g/mol. The normalized spacial score (nSPS) is 12.4. The van der Waals surface area contributed by atoms with Crippen LogP contribution in [0, 0.1) is 0 Å². The van der Waals surface area contributed by atoms with E-state index in [4.69, 9.17) is 4.74 Å². The molecule has 0 radical (unpaired) electrons. The van der Waals surface area contributed by atoms with E-state index in [1.54, 1.807) is 0 Å². The number of rotatable bonds is 5. The van der Waals surface area contributed by atoms with Gasteiger partial charge in [-0.3, -0.25) is 4.68 Å². The van der Waals surface area contributed by atoms with Crippen molar-refractivity contribution in [2.45, 2.75) is 45.7 Å². The molecule has 0 N–H and O–H groups in total. The lowest BCUT2D eigenvalue weighted by atomic mass is 10.4. The maximum absolute atomic E-state index is 12.1. The van der Waals surface area contributed by atoms with Crippen molar-refractivity contribution in [2.75, 3.05) is 0 Å². The summed E-state index contributed by atoms with van der Waals surface area (Å²) in [6, 6.07) is 0. The standard InChI is InChI=1S/C10H14BrF3N2O/c1-7(2)17-6-9-8(11)5-15-16(9)4-3-10(12,13)14/h5,7H,3-4,6H2,1-2H3. The Bertz CT molecular complexity index is 363. The average Bonchev–Trinajstić information content (AvgIpc) is 2.52. The largest absolute Gasteiger partial charge is 0.390 e. The average molecular weight is 315 g/mol. The molecule has 0 aliphatic rings. The van der Waals surface area contributed by atoms with Gasteiger partial charge in [-0.2, -0.15) is 18.3 Å². The van der Waals surface area contributed by atoms with E-state index in [1.165, 1.54) is 10.9 Å². The van der Waals surface area contributed by atoms with E-state index < -0.39 is 12.6 Å². The molecular weight excluding hydrogens is 301 g/mol. The number of nitrogens with zero attached hydrogens (tertiary/aromatic N) is 2. The van der Waals surface area contributed by atoms with Gasteiger partial charge in [0, 0.05) is 6.54 Å². The first-order chi connectivity index (χ1) is 7.79. The first kappa shape index (κ1) is 14.5. The van der Waals surface area contributed by atoms with E-state index in [1.807, 2.05) is 13.8 Å². The van der Waals surface area contributed by atoms with Gasteiger partial charge in [0.2, 0.25) is 0 Å². The maximum Gasteiger partial charge on any atom is 0.390 e. The molecule has 0 fully saturated rings. The minimum Gasteiger partial charge on any atom is -0.372 e. The van der Waals surface area contributed by atoms with Gasteiger partial charge in [-0.15, -0.1) is 0 Å². The van der Waals surface area contributed by atoms with E-state index in [0.717, 1.165) is 0 Å². The Hall–Kier alpha value is -0.560. The quantitative estimate of drug-likeness (QED) is 0.831. The fourth-order valence-electron chi connectivity index (χ4n) is 1.20. The first-order valence-electron chi connectivity index (χ1n) is 5.18. The fourth-order valence-corrected chi connectivity index (χ4v) is 1.61. The van der Waals surface area contributed by atoms with Gasteiger partial charge in [-0.1, -0.05) is 0 Å². The highest BCUT2D eigenvalue weighted by Crippen LogP contribution is 2.23. The molecule has 0 unspecified atom stereocenters. The molecular formula is C10H14BrF3N2O. The molecule has 0 spiro atoms. The molecule has 0 amide bonds. The summed E-state index contributed by atoms with van der Waals surface area (Å²) in [4.78, 5) is 0. The molecule has 1 aromatic rings. The maximum atomic E-state index is 12.1. The Morgan fingerprint density at radius 2 is 2.12 bits per heavy atom.